The molecule has 1 aromatic rings. The fraction of sp³-hybridized carbons (Fsp3) is 0.500. The fourth-order valence-electron chi connectivity index (χ4n) is 2.30. The van der Waals surface area contributed by atoms with Crippen LogP contribution in [0.25, 0.3) is 0 Å². The number of esters is 2. The zero-order chi connectivity index (χ0) is 18.5. The van der Waals surface area contributed by atoms with E-state index in [9.17, 15) is 9.59 Å². The first-order chi connectivity index (χ1) is 12.1. The van der Waals surface area contributed by atoms with Gasteiger partial charge in [-0.2, -0.15) is 0 Å². The number of allylic oxidation sites excluding steroid dienone is 1. The van der Waals surface area contributed by atoms with Crippen molar-refractivity contribution >= 4 is 11.9 Å². The molecule has 0 unspecified atom stereocenters. The van der Waals surface area contributed by atoms with Gasteiger partial charge in [-0.3, -0.25) is 9.59 Å². The van der Waals surface area contributed by atoms with Crippen molar-refractivity contribution in [1.82, 2.24) is 0 Å². The van der Waals surface area contributed by atoms with Gasteiger partial charge in [0.05, 0.1) is 19.8 Å². The van der Waals surface area contributed by atoms with Crippen LogP contribution in [0.15, 0.2) is 36.9 Å². The maximum atomic E-state index is 12.0. The molecule has 5 heteroatoms. The van der Waals surface area contributed by atoms with Crippen LogP contribution in [0.1, 0.15) is 38.7 Å². The van der Waals surface area contributed by atoms with E-state index >= 15 is 0 Å². The average Bonchev–Trinajstić information content (AvgIpc) is 2.60. The third-order valence-electron chi connectivity index (χ3n) is 3.61. The molecule has 0 aliphatic carbocycles. The summed E-state index contributed by atoms with van der Waals surface area (Å²) in [4.78, 5) is 23.9. The molecule has 0 aromatic heterocycles. The smallest absolute Gasteiger partial charge is 0.320 e. The Kier molecular flexibility index (Phi) is 10.1. The van der Waals surface area contributed by atoms with Gasteiger partial charge in [0.25, 0.3) is 0 Å². The second kappa shape index (κ2) is 12.1. The first-order valence-corrected chi connectivity index (χ1v) is 8.78. The highest BCUT2D eigenvalue weighted by molar-refractivity contribution is 5.94. The Morgan fingerprint density at radius 3 is 2.20 bits per heavy atom. The SMILES string of the molecule is C=CCCCOc1ccc(CCC(C(=O)OCC)C(=O)OCC)cc1. The summed E-state index contributed by atoms with van der Waals surface area (Å²) < 4.78 is 15.6. The maximum absolute atomic E-state index is 12.0. The normalized spacial score (nSPS) is 10.4. The van der Waals surface area contributed by atoms with Gasteiger partial charge < -0.3 is 14.2 Å². The third kappa shape index (κ3) is 7.88. The molecule has 138 valence electrons. The minimum absolute atomic E-state index is 0.243. The molecule has 0 N–H and O–H groups in total. The number of rotatable bonds is 12. The summed E-state index contributed by atoms with van der Waals surface area (Å²) in [7, 11) is 0. The van der Waals surface area contributed by atoms with Crippen molar-refractivity contribution in [2.24, 2.45) is 5.92 Å². The summed E-state index contributed by atoms with van der Waals surface area (Å²) in [5.41, 5.74) is 1.03. The number of hydrogen-bond donors (Lipinski definition) is 0. The van der Waals surface area contributed by atoms with Crippen LogP contribution < -0.4 is 4.74 Å². The van der Waals surface area contributed by atoms with E-state index in [0.29, 0.717) is 19.4 Å². The summed E-state index contributed by atoms with van der Waals surface area (Å²) >= 11 is 0. The van der Waals surface area contributed by atoms with Gasteiger partial charge in [-0.05, 0) is 57.2 Å². The minimum Gasteiger partial charge on any atom is -0.494 e. The first-order valence-electron chi connectivity index (χ1n) is 8.78. The Labute approximate surface area is 150 Å². The highest BCUT2D eigenvalue weighted by Gasteiger charge is 2.29. The first kappa shape index (κ1) is 20.7. The molecule has 0 saturated carbocycles. The van der Waals surface area contributed by atoms with Gasteiger partial charge >= 0.3 is 11.9 Å². The molecule has 0 atom stereocenters. The average molecular weight is 348 g/mol. The lowest BCUT2D eigenvalue weighted by Crippen LogP contribution is -2.28. The van der Waals surface area contributed by atoms with E-state index in [0.717, 1.165) is 24.2 Å². The Bertz CT molecular complexity index is 518. The van der Waals surface area contributed by atoms with Crippen LogP contribution in [0.2, 0.25) is 0 Å². The lowest BCUT2D eigenvalue weighted by Gasteiger charge is -2.14. The van der Waals surface area contributed by atoms with E-state index in [1.807, 2.05) is 30.3 Å². The number of hydrogen-bond acceptors (Lipinski definition) is 5. The Morgan fingerprint density at radius 2 is 1.68 bits per heavy atom. The van der Waals surface area contributed by atoms with E-state index in [1.54, 1.807) is 13.8 Å². The van der Waals surface area contributed by atoms with Crippen LogP contribution >= 0.6 is 0 Å². The van der Waals surface area contributed by atoms with Crippen LogP contribution in [0.3, 0.4) is 0 Å². The molecule has 0 fully saturated rings. The van der Waals surface area contributed by atoms with Crippen molar-refractivity contribution in [2.45, 2.75) is 39.5 Å². The van der Waals surface area contributed by atoms with Crippen molar-refractivity contribution in [3.63, 3.8) is 0 Å². The zero-order valence-corrected chi connectivity index (χ0v) is 15.2. The molecule has 0 saturated heterocycles. The summed E-state index contributed by atoms with van der Waals surface area (Å²) in [5.74, 6) is -1.12. The summed E-state index contributed by atoms with van der Waals surface area (Å²) in [5, 5.41) is 0. The third-order valence-corrected chi connectivity index (χ3v) is 3.61. The predicted octanol–water partition coefficient (Wildman–Crippen LogP) is 3.71. The number of ether oxygens (including phenoxy) is 3. The molecule has 1 rings (SSSR count). The topological polar surface area (TPSA) is 61.8 Å². The molecule has 0 bridgehead atoms. The lowest BCUT2D eigenvalue weighted by atomic mass is 9.99. The second-order valence-electron chi connectivity index (χ2n) is 5.52. The Hall–Kier alpha value is -2.30. The maximum Gasteiger partial charge on any atom is 0.320 e. The molecule has 1 aromatic carbocycles. The van der Waals surface area contributed by atoms with Crippen molar-refractivity contribution < 1.29 is 23.8 Å². The van der Waals surface area contributed by atoms with Crippen LogP contribution in [0.5, 0.6) is 5.75 Å². The fourth-order valence-corrected chi connectivity index (χ4v) is 2.30. The Balaban J connectivity index is 2.55. The summed E-state index contributed by atoms with van der Waals surface area (Å²) in [6.07, 6.45) is 4.68. The van der Waals surface area contributed by atoms with Crippen molar-refractivity contribution in [1.29, 1.82) is 0 Å². The predicted molar refractivity (Wildman–Crippen MR) is 96.4 cm³/mol. The van der Waals surface area contributed by atoms with Crippen LogP contribution in [-0.4, -0.2) is 31.8 Å². The molecule has 0 heterocycles. The van der Waals surface area contributed by atoms with E-state index in [4.69, 9.17) is 14.2 Å². The van der Waals surface area contributed by atoms with Crippen LogP contribution in [-0.2, 0) is 25.5 Å². The quantitative estimate of drug-likeness (QED) is 0.249. The van der Waals surface area contributed by atoms with Gasteiger partial charge in [-0.15, -0.1) is 6.58 Å². The summed E-state index contributed by atoms with van der Waals surface area (Å²) in [6.45, 7) is 8.25. The van der Waals surface area contributed by atoms with Crippen molar-refractivity contribution in [2.75, 3.05) is 19.8 Å². The van der Waals surface area contributed by atoms with Gasteiger partial charge in [-0.25, -0.2) is 0 Å². The van der Waals surface area contributed by atoms with E-state index in [1.165, 1.54) is 0 Å². The zero-order valence-electron chi connectivity index (χ0n) is 15.2. The van der Waals surface area contributed by atoms with Crippen LogP contribution in [0, 0.1) is 5.92 Å². The monoisotopic (exact) mass is 348 g/mol. The standard InChI is InChI=1S/C20H28O5/c1-4-7-8-15-25-17-12-9-16(10-13-17)11-14-18(19(21)23-5-2)20(22)24-6-3/h4,9-10,12-13,18H,1,5-8,11,14-15H2,2-3H3. The molecule has 0 radical (unpaired) electrons. The van der Waals surface area contributed by atoms with Gasteiger partial charge in [-0.1, -0.05) is 18.2 Å². The van der Waals surface area contributed by atoms with E-state index in [2.05, 4.69) is 6.58 Å². The highest BCUT2D eigenvalue weighted by atomic mass is 16.6. The van der Waals surface area contributed by atoms with E-state index in [-0.39, 0.29) is 13.2 Å². The molecule has 0 aliphatic rings. The van der Waals surface area contributed by atoms with Crippen LogP contribution in [0.4, 0.5) is 0 Å². The van der Waals surface area contributed by atoms with Gasteiger partial charge in [0, 0.05) is 0 Å². The molecular formula is C20H28O5. The van der Waals surface area contributed by atoms with Crippen molar-refractivity contribution in [3.05, 3.63) is 42.5 Å². The number of carbonyl (C=O) groups is 2. The molecule has 0 spiro atoms. The molecule has 5 nitrogen and oxygen atoms in total. The van der Waals surface area contributed by atoms with Gasteiger partial charge in [0.1, 0.15) is 5.75 Å². The lowest BCUT2D eigenvalue weighted by molar-refractivity contribution is -0.161. The van der Waals surface area contributed by atoms with E-state index < -0.39 is 17.9 Å². The van der Waals surface area contributed by atoms with Gasteiger partial charge in [0.2, 0.25) is 0 Å². The largest absolute Gasteiger partial charge is 0.494 e. The molecule has 0 aliphatic heterocycles. The molecular weight excluding hydrogens is 320 g/mol. The number of benzene rings is 1. The van der Waals surface area contributed by atoms with Crippen molar-refractivity contribution in [3.8, 4) is 5.75 Å². The number of unbranched alkanes of at least 4 members (excludes halogenated alkanes) is 1. The van der Waals surface area contributed by atoms with Gasteiger partial charge in [0.15, 0.2) is 5.92 Å². The second-order valence-corrected chi connectivity index (χ2v) is 5.52. The number of aryl methyl sites for hydroxylation is 1. The summed E-state index contributed by atoms with van der Waals surface area (Å²) in [6, 6.07) is 7.67. The minimum atomic E-state index is -0.880. The molecule has 25 heavy (non-hydrogen) atoms. The number of carbonyl (C=O) groups excluding carboxylic acids is 2. The highest BCUT2D eigenvalue weighted by Crippen LogP contribution is 2.17. The molecule has 0 amide bonds. The Morgan fingerprint density at radius 1 is 1.08 bits per heavy atom.